The molecule has 0 fully saturated rings. The summed E-state index contributed by atoms with van der Waals surface area (Å²) in [7, 11) is 0. The van der Waals surface area contributed by atoms with Crippen LogP contribution in [-0.2, 0) is 6.54 Å². The average Bonchev–Trinajstić information content (AvgIpc) is 2.91. The maximum Gasteiger partial charge on any atom is 0.0951 e. The van der Waals surface area contributed by atoms with Crippen molar-refractivity contribution in [1.29, 1.82) is 0 Å². The van der Waals surface area contributed by atoms with E-state index in [0.717, 1.165) is 13.2 Å². The van der Waals surface area contributed by atoms with Crippen LogP contribution in [-0.4, -0.2) is 11.6 Å². The first-order valence-electron chi connectivity index (χ1n) is 6.95. The summed E-state index contributed by atoms with van der Waals surface area (Å²) in [5.41, 5.74) is 5.23. The maximum absolute atomic E-state index is 2.37. The fourth-order valence-corrected chi connectivity index (χ4v) is 2.87. The van der Waals surface area contributed by atoms with Crippen LogP contribution in [0.5, 0.6) is 0 Å². The Hall–Kier alpha value is -2.19. The van der Waals surface area contributed by atoms with Gasteiger partial charge in [0.15, 0.2) is 0 Å². The van der Waals surface area contributed by atoms with Gasteiger partial charge in [-0.25, -0.2) is 0 Å². The summed E-state index contributed by atoms with van der Waals surface area (Å²) in [6.07, 6.45) is 6.65. The van der Waals surface area contributed by atoms with Crippen LogP contribution >= 0.6 is 12.4 Å². The molecule has 2 aliphatic heterocycles. The first-order chi connectivity index (χ1) is 9.90. The summed E-state index contributed by atoms with van der Waals surface area (Å²) >= 11 is 0. The van der Waals surface area contributed by atoms with Crippen molar-refractivity contribution in [2.45, 2.75) is 6.54 Å². The van der Waals surface area contributed by atoms with Gasteiger partial charge in [0.2, 0.25) is 0 Å². The van der Waals surface area contributed by atoms with Gasteiger partial charge in [0.1, 0.15) is 0 Å². The van der Waals surface area contributed by atoms with E-state index >= 15 is 0 Å². The molecule has 0 atom stereocenters. The van der Waals surface area contributed by atoms with E-state index in [1.54, 1.807) is 0 Å². The lowest BCUT2D eigenvalue weighted by atomic mass is 10.1. The van der Waals surface area contributed by atoms with Gasteiger partial charge in [-0.05, 0) is 23.3 Å². The molecular weight excluding hydrogens is 280 g/mol. The van der Waals surface area contributed by atoms with E-state index in [1.165, 1.54) is 22.5 Å². The minimum Gasteiger partial charge on any atom is -0.353 e. The molecule has 0 spiro atoms. The summed E-state index contributed by atoms with van der Waals surface area (Å²) < 4.78 is 0. The fourth-order valence-electron chi connectivity index (χ4n) is 2.87. The molecule has 0 aliphatic carbocycles. The molecule has 0 N–H and O–H groups in total. The van der Waals surface area contributed by atoms with E-state index in [4.69, 9.17) is 0 Å². The third kappa shape index (κ3) is 2.55. The number of hydrogen-bond acceptors (Lipinski definition) is 2. The van der Waals surface area contributed by atoms with Gasteiger partial charge >= 0.3 is 0 Å². The second kappa shape index (κ2) is 5.66. The van der Waals surface area contributed by atoms with Crippen LogP contribution in [0.3, 0.4) is 0 Å². The molecule has 0 saturated carbocycles. The molecule has 0 aromatic heterocycles. The van der Waals surface area contributed by atoms with Gasteiger partial charge in [-0.2, -0.15) is 0 Å². The van der Waals surface area contributed by atoms with E-state index < -0.39 is 0 Å². The predicted molar refractivity (Wildman–Crippen MR) is 90.1 cm³/mol. The van der Waals surface area contributed by atoms with E-state index in [9.17, 15) is 0 Å². The van der Waals surface area contributed by atoms with Gasteiger partial charge in [0, 0.05) is 12.7 Å². The van der Waals surface area contributed by atoms with Gasteiger partial charge in [-0.3, -0.25) is 0 Å². The van der Waals surface area contributed by atoms with Crippen molar-refractivity contribution in [3.8, 4) is 0 Å². The standard InChI is InChI=1S/C18H16N2.ClH/c1-2-6-15(7-3-1)12-19-13-17-11-10-16-8-4-5-9-18(16)20(17)14-19;/h1-11,13H,12,14H2;1H. The Labute approximate surface area is 131 Å². The molecule has 106 valence electrons. The van der Waals surface area contributed by atoms with Crippen molar-refractivity contribution in [3.05, 3.63) is 83.7 Å². The van der Waals surface area contributed by atoms with Crippen molar-refractivity contribution >= 4 is 24.2 Å². The molecule has 0 amide bonds. The summed E-state index contributed by atoms with van der Waals surface area (Å²) in [6, 6.07) is 19.2. The first kappa shape index (κ1) is 13.8. The lowest BCUT2D eigenvalue weighted by molar-refractivity contribution is 0.400. The van der Waals surface area contributed by atoms with Gasteiger partial charge in [0.05, 0.1) is 18.1 Å². The number of fused-ring (bicyclic) bond motifs is 3. The molecule has 21 heavy (non-hydrogen) atoms. The van der Waals surface area contributed by atoms with Crippen LogP contribution < -0.4 is 4.90 Å². The topological polar surface area (TPSA) is 6.48 Å². The SMILES string of the molecule is C1=Cc2ccccc2N2CN(Cc3ccccc3)C=C12.Cl. The Morgan fingerprint density at radius 1 is 0.857 bits per heavy atom. The highest BCUT2D eigenvalue weighted by Crippen LogP contribution is 2.34. The summed E-state index contributed by atoms with van der Waals surface area (Å²) in [4.78, 5) is 4.73. The Kier molecular flexibility index (Phi) is 3.72. The monoisotopic (exact) mass is 296 g/mol. The Bertz CT molecular complexity index is 691. The number of benzene rings is 2. The Morgan fingerprint density at radius 2 is 1.62 bits per heavy atom. The van der Waals surface area contributed by atoms with Crippen molar-refractivity contribution in [3.63, 3.8) is 0 Å². The summed E-state index contributed by atoms with van der Waals surface area (Å²) in [5, 5.41) is 0. The van der Waals surface area contributed by atoms with Crippen molar-refractivity contribution in [1.82, 2.24) is 4.90 Å². The van der Waals surface area contributed by atoms with E-state index in [1.807, 2.05) is 0 Å². The van der Waals surface area contributed by atoms with Crippen LogP contribution in [0.25, 0.3) is 6.08 Å². The minimum absolute atomic E-state index is 0. The molecule has 0 unspecified atom stereocenters. The minimum atomic E-state index is 0. The molecule has 2 aromatic rings. The zero-order valence-electron chi connectivity index (χ0n) is 11.6. The molecule has 2 aromatic carbocycles. The van der Waals surface area contributed by atoms with Gasteiger partial charge < -0.3 is 9.80 Å². The van der Waals surface area contributed by atoms with Gasteiger partial charge in [0.25, 0.3) is 0 Å². The highest BCUT2D eigenvalue weighted by atomic mass is 35.5. The highest BCUT2D eigenvalue weighted by molar-refractivity contribution is 5.85. The van der Waals surface area contributed by atoms with Crippen LogP contribution in [0.2, 0.25) is 0 Å². The van der Waals surface area contributed by atoms with E-state index in [2.05, 4.69) is 82.7 Å². The smallest absolute Gasteiger partial charge is 0.0951 e. The number of anilines is 1. The highest BCUT2D eigenvalue weighted by Gasteiger charge is 2.24. The zero-order valence-corrected chi connectivity index (χ0v) is 12.5. The quantitative estimate of drug-likeness (QED) is 0.817. The zero-order chi connectivity index (χ0) is 13.4. The molecule has 2 heterocycles. The second-order valence-corrected chi connectivity index (χ2v) is 5.25. The van der Waals surface area contributed by atoms with Crippen molar-refractivity contribution in [2.24, 2.45) is 0 Å². The summed E-state index contributed by atoms with van der Waals surface area (Å²) in [6.45, 7) is 1.88. The first-order valence-corrected chi connectivity index (χ1v) is 6.95. The number of para-hydroxylation sites is 1. The number of allylic oxidation sites excluding steroid dienone is 1. The molecule has 3 heteroatoms. The van der Waals surface area contributed by atoms with Gasteiger partial charge in [-0.15, -0.1) is 12.4 Å². The Morgan fingerprint density at radius 3 is 2.48 bits per heavy atom. The normalized spacial score (nSPS) is 15.1. The van der Waals surface area contributed by atoms with Crippen LogP contribution in [0.1, 0.15) is 11.1 Å². The predicted octanol–water partition coefficient (Wildman–Crippen LogP) is 4.26. The number of halogens is 1. The number of hydrogen-bond donors (Lipinski definition) is 0. The maximum atomic E-state index is 2.37. The molecule has 0 radical (unpaired) electrons. The molecule has 2 nitrogen and oxygen atoms in total. The number of rotatable bonds is 2. The number of nitrogens with zero attached hydrogens (tertiary/aromatic N) is 2. The lowest BCUT2D eigenvalue weighted by Crippen LogP contribution is -2.27. The average molecular weight is 297 g/mol. The van der Waals surface area contributed by atoms with Crippen molar-refractivity contribution < 1.29 is 0 Å². The largest absolute Gasteiger partial charge is 0.353 e. The summed E-state index contributed by atoms with van der Waals surface area (Å²) in [5.74, 6) is 0. The molecule has 0 bridgehead atoms. The lowest BCUT2D eigenvalue weighted by Gasteiger charge is -2.27. The molecular formula is C18H17ClN2. The van der Waals surface area contributed by atoms with Crippen LogP contribution in [0.15, 0.2) is 72.6 Å². The second-order valence-electron chi connectivity index (χ2n) is 5.25. The van der Waals surface area contributed by atoms with Crippen LogP contribution in [0.4, 0.5) is 5.69 Å². The van der Waals surface area contributed by atoms with Gasteiger partial charge in [-0.1, -0.05) is 54.6 Å². The Balaban J connectivity index is 0.00000132. The third-order valence-electron chi connectivity index (χ3n) is 3.84. The molecule has 0 saturated heterocycles. The van der Waals surface area contributed by atoms with E-state index in [-0.39, 0.29) is 12.4 Å². The fraction of sp³-hybridized carbons (Fsp3) is 0.111. The van der Waals surface area contributed by atoms with Crippen LogP contribution in [0, 0.1) is 0 Å². The van der Waals surface area contributed by atoms with Crippen molar-refractivity contribution in [2.75, 3.05) is 11.6 Å². The third-order valence-corrected chi connectivity index (χ3v) is 3.84. The van der Waals surface area contributed by atoms with E-state index in [0.29, 0.717) is 0 Å². The molecule has 2 aliphatic rings. The molecule has 4 rings (SSSR count).